The van der Waals surface area contributed by atoms with Crippen LogP contribution in [0, 0.1) is 6.92 Å². The van der Waals surface area contributed by atoms with Gasteiger partial charge in [0.2, 0.25) is 0 Å². The summed E-state index contributed by atoms with van der Waals surface area (Å²) in [5.74, 6) is 2.59. The fraction of sp³-hybridized carbons (Fsp3) is 0.526. The zero-order valence-electron chi connectivity index (χ0n) is 16.8. The molecular formula is C19H32IN7. The molecule has 0 amide bonds. The molecule has 0 atom stereocenters. The molecule has 1 aromatic heterocycles. The average Bonchev–Trinajstić information content (AvgIpc) is 2.99. The largest absolute Gasteiger partial charge is 0.375 e. The second-order valence-electron chi connectivity index (χ2n) is 6.35. The van der Waals surface area contributed by atoms with E-state index in [0.717, 1.165) is 50.1 Å². The van der Waals surface area contributed by atoms with Gasteiger partial charge in [-0.3, -0.25) is 0 Å². The summed E-state index contributed by atoms with van der Waals surface area (Å²) < 4.78 is 1.97. The molecule has 0 unspecified atom stereocenters. The summed E-state index contributed by atoms with van der Waals surface area (Å²) in [5, 5.41) is 15.0. The second-order valence-corrected chi connectivity index (χ2v) is 6.35. The minimum Gasteiger partial charge on any atom is -0.375 e. The second kappa shape index (κ2) is 12.5. The van der Waals surface area contributed by atoms with E-state index in [4.69, 9.17) is 0 Å². The Morgan fingerprint density at radius 3 is 2.48 bits per heavy atom. The maximum Gasteiger partial charge on any atom is 0.191 e. The Balaban J connectivity index is 0.00000364. The van der Waals surface area contributed by atoms with Crippen LogP contribution in [-0.4, -0.2) is 47.4 Å². The Morgan fingerprint density at radius 1 is 1.15 bits per heavy atom. The SMILES string of the molecule is CCCNC(=NCc1nnc(C)n1C)NCCCN(C)c1ccccc1.I. The van der Waals surface area contributed by atoms with E-state index in [0.29, 0.717) is 6.54 Å². The topological polar surface area (TPSA) is 70.4 Å². The molecule has 0 aliphatic carbocycles. The number of guanidine groups is 1. The van der Waals surface area contributed by atoms with E-state index < -0.39 is 0 Å². The first-order valence-corrected chi connectivity index (χ1v) is 9.25. The third-order valence-electron chi connectivity index (χ3n) is 4.26. The van der Waals surface area contributed by atoms with E-state index >= 15 is 0 Å². The van der Waals surface area contributed by atoms with E-state index in [1.165, 1.54) is 5.69 Å². The minimum absolute atomic E-state index is 0. The molecule has 150 valence electrons. The number of halogens is 1. The summed E-state index contributed by atoms with van der Waals surface area (Å²) in [6, 6.07) is 10.4. The standard InChI is InChI=1S/C19H31N7.HI/c1-5-12-20-19(22-15-18-24-23-16(2)26(18)4)21-13-9-14-25(3)17-10-7-6-8-11-17;/h6-8,10-11H,5,9,12-15H2,1-4H3,(H2,20,21,22);1H. The molecule has 0 saturated heterocycles. The van der Waals surface area contributed by atoms with Crippen molar-refractivity contribution in [2.24, 2.45) is 12.0 Å². The Bertz CT molecular complexity index is 685. The van der Waals surface area contributed by atoms with Crippen molar-refractivity contribution in [2.45, 2.75) is 33.2 Å². The number of benzene rings is 1. The third-order valence-corrected chi connectivity index (χ3v) is 4.26. The summed E-state index contributed by atoms with van der Waals surface area (Å²) in [6.07, 6.45) is 2.09. The van der Waals surface area contributed by atoms with Crippen LogP contribution in [0.4, 0.5) is 5.69 Å². The van der Waals surface area contributed by atoms with E-state index in [2.05, 4.69) is 69.0 Å². The van der Waals surface area contributed by atoms with Crippen molar-refractivity contribution < 1.29 is 0 Å². The molecule has 7 nitrogen and oxygen atoms in total. The van der Waals surface area contributed by atoms with Gasteiger partial charge in [0.1, 0.15) is 12.4 Å². The summed E-state index contributed by atoms with van der Waals surface area (Å²) in [7, 11) is 4.09. The lowest BCUT2D eigenvalue weighted by Gasteiger charge is -2.19. The van der Waals surface area contributed by atoms with Crippen LogP contribution in [0.15, 0.2) is 35.3 Å². The summed E-state index contributed by atoms with van der Waals surface area (Å²) in [5.41, 5.74) is 1.24. The van der Waals surface area contributed by atoms with Crippen molar-refractivity contribution in [3.05, 3.63) is 42.0 Å². The van der Waals surface area contributed by atoms with Crippen LogP contribution in [0.5, 0.6) is 0 Å². The van der Waals surface area contributed by atoms with Crippen molar-refractivity contribution in [3.63, 3.8) is 0 Å². The van der Waals surface area contributed by atoms with Crippen LogP contribution in [0.1, 0.15) is 31.4 Å². The number of para-hydroxylation sites is 1. The van der Waals surface area contributed by atoms with Crippen LogP contribution in [-0.2, 0) is 13.6 Å². The number of hydrogen-bond acceptors (Lipinski definition) is 4. The highest BCUT2D eigenvalue weighted by atomic mass is 127. The molecule has 0 fully saturated rings. The first kappa shape index (κ1) is 23.2. The molecule has 2 rings (SSSR count). The summed E-state index contributed by atoms with van der Waals surface area (Å²) in [4.78, 5) is 6.90. The highest BCUT2D eigenvalue weighted by Crippen LogP contribution is 2.10. The Labute approximate surface area is 179 Å². The van der Waals surface area contributed by atoms with E-state index in [1.807, 2.05) is 24.6 Å². The fourth-order valence-electron chi connectivity index (χ4n) is 2.49. The fourth-order valence-corrected chi connectivity index (χ4v) is 2.49. The monoisotopic (exact) mass is 485 g/mol. The minimum atomic E-state index is 0. The lowest BCUT2D eigenvalue weighted by molar-refractivity contribution is 0.712. The molecule has 2 N–H and O–H groups in total. The molecule has 0 aliphatic heterocycles. The quantitative estimate of drug-likeness (QED) is 0.248. The molecule has 8 heteroatoms. The number of aryl methyl sites for hydroxylation is 1. The van der Waals surface area contributed by atoms with E-state index in [1.54, 1.807) is 0 Å². The van der Waals surface area contributed by atoms with Crippen molar-refractivity contribution in [2.75, 3.05) is 31.6 Å². The van der Waals surface area contributed by atoms with Crippen molar-refractivity contribution in [1.82, 2.24) is 25.4 Å². The predicted molar refractivity (Wildman–Crippen MR) is 123 cm³/mol. The van der Waals surface area contributed by atoms with Gasteiger partial charge >= 0.3 is 0 Å². The number of rotatable bonds is 9. The number of hydrogen-bond donors (Lipinski definition) is 2. The van der Waals surface area contributed by atoms with Crippen molar-refractivity contribution >= 4 is 35.6 Å². The number of aromatic nitrogens is 3. The lowest BCUT2D eigenvalue weighted by Crippen LogP contribution is -2.39. The smallest absolute Gasteiger partial charge is 0.191 e. The van der Waals surface area contributed by atoms with Gasteiger partial charge < -0.3 is 20.1 Å². The maximum absolute atomic E-state index is 4.64. The third kappa shape index (κ3) is 7.74. The van der Waals surface area contributed by atoms with Crippen LogP contribution in [0.3, 0.4) is 0 Å². The number of nitrogens with zero attached hydrogens (tertiary/aromatic N) is 5. The highest BCUT2D eigenvalue weighted by Gasteiger charge is 2.05. The highest BCUT2D eigenvalue weighted by molar-refractivity contribution is 14.0. The first-order valence-electron chi connectivity index (χ1n) is 9.25. The average molecular weight is 485 g/mol. The molecular weight excluding hydrogens is 453 g/mol. The molecule has 0 saturated carbocycles. The summed E-state index contributed by atoms with van der Waals surface area (Å²) >= 11 is 0. The zero-order chi connectivity index (χ0) is 18.8. The molecule has 0 radical (unpaired) electrons. The number of anilines is 1. The van der Waals surface area contributed by atoms with Crippen LogP contribution in [0.2, 0.25) is 0 Å². The Kier molecular flexibility index (Phi) is 10.8. The van der Waals surface area contributed by atoms with Gasteiger partial charge in [0.25, 0.3) is 0 Å². The lowest BCUT2D eigenvalue weighted by atomic mass is 10.3. The number of aliphatic imine (C=N–C) groups is 1. The number of nitrogens with one attached hydrogen (secondary N) is 2. The maximum atomic E-state index is 4.64. The van der Waals surface area contributed by atoms with Gasteiger partial charge in [-0.1, -0.05) is 25.1 Å². The molecule has 0 spiro atoms. The van der Waals surface area contributed by atoms with Crippen molar-refractivity contribution in [3.8, 4) is 0 Å². The Hall–Kier alpha value is -1.84. The van der Waals surface area contributed by atoms with Crippen molar-refractivity contribution in [1.29, 1.82) is 0 Å². The van der Waals surface area contributed by atoms with Gasteiger partial charge in [-0.2, -0.15) is 0 Å². The van der Waals surface area contributed by atoms with Crippen LogP contribution >= 0.6 is 24.0 Å². The van der Waals surface area contributed by atoms with E-state index in [9.17, 15) is 0 Å². The van der Waals surface area contributed by atoms with Gasteiger partial charge in [0, 0.05) is 39.4 Å². The van der Waals surface area contributed by atoms with E-state index in [-0.39, 0.29) is 24.0 Å². The molecule has 0 aliphatic rings. The molecule has 1 heterocycles. The summed E-state index contributed by atoms with van der Waals surface area (Å²) in [6.45, 7) is 7.35. The molecule has 27 heavy (non-hydrogen) atoms. The predicted octanol–water partition coefficient (Wildman–Crippen LogP) is 2.71. The van der Waals surface area contributed by atoms with Gasteiger partial charge in [0.05, 0.1) is 0 Å². The van der Waals surface area contributed by atoms with Crippen LogP contribution < -0.4 is 15.5 Å². The Morgan fingerprint density at radius 2 is 1.85 bits per heavy atom. The molecule has 1 aromatic carbocycles. The molecule has 0 bridgehead atoms. The van der Waals surface area contributed by atoms with Gasteiger partial charge in [-0.05, 0) is 31.9 Å². The first-order chi connectivity index (χ1) is 12.6. The zero-order valence-corrected chi connectivity index (χ0v) is 19.1. The normalized spacial score (nSPS) is 11.0. The molecule has 2 aromatic rings. The van der Waals surface area contributed by atoms with Gasteiger partial charge in [-0.25, -0.2) is 4.99 Å². The van der Waals surface area contributed by atoms with Gasteiger partial charge in [0.15, 0.2) is 11.8 Å². The van der Waals surface area contributed by atoms with Crippen LogP contribution in [0.25, 0.3) is 0 Å². The van der Waals surface area contributed by atoms with Gasteiger partial charge in [-0.15, -0.1) is 34.2 Å².